The van der Waals surface area contributed by atoms with Gasteiger partial charge in [0.25, 0.3) is 11.6 Å². The van der Waals surface area contributed by atoms with Crippen molar-refractivity contribution >= 4 is 34.2 Å². The highest BCUT2D eigenvalue weighted by molar-refractivity contribution is 6.34. The van der Waals surface area contributed by atoms with Crippen molar-refractivity contribution in [1.29, 1.82) is 0 Å². The number of aromatic amines is 1. The maximum Gasteiger partial charge on any atom is 0.270 e. The number of hydrogen-bond donors (Lipinski definition) is 2. The van der Waals surface area contributed by atoms with Gasteiger partial charge in [0.2, 0.25) is 0 Å². The van der Waals surface area contributed by atoms with E-state index in [2.05, 4.69) is 15.3 Å². The van der Waals surface area contributed by atoms with Gasteiger partial charge in [-0.3, -0.25) is 14.9 Å². The van der Waals surface area contributed by atoms with E-state index in [1.807, 2.05) is 24.3 Å². The molecular formula is C16H13ClN4O3. The average molecular weight is 345 g/mol. The third-order valence-electron chi connectivity index (χ3n) is 3.57. The Kier molecular flexibility index (Phi) is 4.18. The first kappa shape index (κ1) is 15.9. The van der Waals surface area contributed by atoms with Gasteiger partial charge in [-0.2, -0.15) is 0 Å². The number of hydrogen-bond acceptors (Lipinski definition) is 4. The van der Waals surface area contributed by atoms with E-state index < -0.39 is 10.8 Å². The fraction of sp³-hybridized carbons (Fsp3) is 0.125. The SMILES string of the molecule is C[C@H](NC(=O)c1ccc([N+](=O)[O-])cc1Cl)c1nc2ccccc2[nH]1. The summed E-state index contributed by atoms with van der Waals surface area (Å²) in [5.41, 5.74) is 1.69. The highest BCUT2D eigenvalue weighted by Crippen LogP contribution is 2.23. The van der Waals surface area contributed by atoms with Crippen molar-refractivity contribution in [3.63, 3.8) is 0 Å². The van der Waals surface area contributed by atoms with E-state index in [1.165, 1.54) is 12.1 Å². The number of nitro benzene ring substituents is 1. The lowest BCUT2D eigenvalue weighted by Gasteiger charge is -2.12. The number of carbonyl (C=O) groups is 1. The van der Waals surface area contributed by atoms with Crippen molar-refractivity contribution in [1.82, 2.24) is 15.3 Å². The van der Waals surface area contributed by atoms with Crippen LogP contribution in [0.3, 0.4) is 0 Å². The molecule has 1 aromatic heterocycles. The molecule has 0 radical (unpaired) electrons. The lowest BCUT2D eigenvalue weighted by molar-refractivity contribution is -0.384. The van der Waals surface area contributed by atoms with Crippen molar-refractivity contribution in [2.24, 2.45) is 0 Å². The molecule has 0 saturated carbocycles. The van der Waals surface area contributed by atoms with Crippen LogP contribution < -0.4 is 5.32 Å². The second-order valence-electron chi connectivity index (χ2n) is 5.26. The van der Waals surface area contributed by atoms with Gasteiger partial charge in [0.1, 0.15) is 5.82 Å². The lowest BCUT2D eigenvalue weighted by Crippen LogP contribution is -2.27. The molecule has 0 aliphatic heterocycles. The fourth-order valence-electron chi connectivity index (χ4n) is 2.32. The number of nitro groups is 1. The zero-order chi connectivity index (χ0) is 17.3. The van der Waals surface area contributed by atoms with E-state index >= 15 is 0 Å². The molecule has 0 saturated heterocycles. The predicted octanol–water partition coefficient (Wildman–Crippen LogP) is 3.62. The van der Waals surface area contributed by atoms with Crippen LogP contribution in [0.1, 0.15) is 29.1 Å². The standard InChI is InChI=1S/C16H13ClN4O3/c1-9(15-19-13-4-2-3-5-14(13)20-15)18-16(22)11-7-6-10(21(23)24)8-12(11)17/h2-9H,1H3,(H,18,22)(H,19,20)/t9-/m0/s1. The first-order valence-corrected chi connectivity index (χ1v) is 7.53. The summed E-state index contributed by atoms with van der Waals surface area (Å²) >= 11 is 5.97. The first-order valence-electron chi connectivity index (χ1n) is 7.15. The highest BCUT2D eigenvalue weighted by atomic mass is 35.5. The summed E-state index contributed by atoms with van der Waals surface area (Å²) in [5.74, 6) is 0.186. The monoisotopic (exact) mass is 344 g/mol. The van der Waals surface area contributed by atoms with Gasteiger partial charge >= 0.3 is 0 Å². The number of non-ortho nitro benzene ring substituents is 1. The number of carbonyl (C=O) groups excluding carboxylic acids is 1. The molecule has 7 nitrogen and oxygen atoms in total. The number of amides is 1. The molecule has 3 aromatic rings. The van der Waals surface area contributed by atoms with Crippen LogP contribution in [0.2, 0.25) is 5.02 Å². The molecule has 0 aliphatic carbocycles. The van der Waals surface area contributed by atoms with Crippen LogP contribution in [0, 0.1) is 10.1 Å². The number of benzene rings is 2. The maximum absolute atomic E-state index is 12.3. The molecule has 0 bridgehead atoms. The Morgan fingerprint density at radius 1 is 1.33 bits per heavy atom. The van der Waals surface area contributed by atoms with E-state index in [1.54, 1.807) is 6.92 Å². The Morgan fingerprint density at radius 2 is 2.08 bits per heavy atom. The summed E-state index contributed by atoms with van der Waals surface area (Å²) in [6.45, 7) is 1.79. The molecule has 0 aliphatic rings. The second kappa shape index (κ2) is 6.29. The molecule has 2 N–H and O–H groups in total. The van der Waals surface area contributed by atoms with Gasteiger partial charge < -0.3 is 10.3 Å². The van der Waals surface area contributed by atoms with Crippen LogP contribution in [0.25, 0.3) is 11.0 Å². The number of nitrogens with one attached hydrogen (secondary N) is 2. The van der Waals surface area contributed by atoms with Crippen LogP contribution in [0.15, 0.2) is 42.5 Å². The number of aromatic nitrogens is 2. The zero-order valence-electron chi connectivity index (χ0n) is 12.6. The van der Waals surface area contributed by atoms with Crippen LogP contribution in [-0.2, 0) is 0 Å². The predicted molar refractivity (Wildman–Crippen MR) is 90.1 cm³/mol. The summed E-state index contributed by atoms with van der Waals surface area (Å²) in [7, 11) is 0. The highest BCUT2D eigenvalue weighted by Gasteiger charge is 2.18. The van der Waals surface area contributed by atoms with Gasteiger partial charge in [-0.25, -0.2) is 4.98 Å². The van der Waals surface area contributed by atoms with Gasteiger partial charge in [0.15, 0.2) is 0 Å². The average Bonchev–Trinajstić information content (AvgIpc) is 2.98. The smallest absolute Gasteiger partial charge is 0.270 e. The molecule has 1 amide bonds. The van der Waals surface area contributed by atoms with E-state index in [0.29, 0.717) is 5.82 Å². The van der Waals surface area contributed by atoms with Crippen molar-refractivity contribution in [3.8, 4) is 0 Å². The van der Waals surface area contributed by atoms with E-state index in [-0.39, 0.29) is 22.3 Å². The summed E-state index contributed by atoms with van der Waals surface area (Å²) in [4.78, 5) is 30.1. The fourth-order valence-corrected chi connectivity index (χ4v) is 2.58. The summed E-state index contributed by atoms with van der Waals surface area (Å²) < 4.78 is 0. The first-order chi connectivity index (χ1) is 11.5. The van der Waals surface area contributed by atoms with Crippen LogP contribution in [0.4, 0.5) is 5.69 Å². The number of rotatable bonds is 4. The third kappa shape index (κ3) is 3.07. The van der Waals surface area contributed by atoms with Gasteiger partial charge in [0, 0.05) is 12.1 Å². The molecule has 0 fully saturated rings. The van der Waals surface area contributed by atoms with Crippen molar-refractivity contribution in [3.05, 3.63) is 69.0 Å². The number of nitrogens with zero attached hydrogens (tertiary/aromatic N) is 2. The Balaban J connectivity index is 1.80. The Morgan fingerprint density at radius 3 is 2.75 bits per heavy atom. The number of imidazole rings is 1. The molecule has 3 rings (SSSR count). The Hall–Kier alpha value is -2.93. The van der Waals surface area contributed by atoms with E-state index in [4.69, 9.17) is 11.6 Å². The molecule has 1 heterocycles. The maximum atomic E-state index is 12.3. The van der Waals surface area contributed by atoms with Gasteiger partial charge in [-0.15, -0.1) is 0 Å². The molecule has 8 heteroatoms. The molecule has 24 heavy (non-hydrogen) atoms. The van der Waals surface area contributed by atoms with Crippen LogP contribution >= 0.6 is 11.6 Å². The third-order valence-corrected chi connectivity index (χ3v) is 3.89. The normalized spacial score (nSPS) is 12.1. The Labute approximate surface area is 141 Å². The quantitative estimate of drug-likeness (QED) is 0.557. The molecular weight excluding hydrogens is 332 g/mol. The van der Waals surface area contributed by atoms with Crippen molar-refractivity contribution < 1.29 is 9.72 Å². The van der Waals surface area contributed by atoms with Gasteiger partial charge in [-0.1, -0.05) is 23.7 Å². The molecule has 2 aromatic carbocycles. The second-order valence-corrected chi connectivity index (χ2v) is 5.66. The summed E-state index contributed by atoms with van der Waals surface area (Å²) in [6.07, 6.45) is 0. The minimum atomic E-state index is -0.565. The van der Waals surface area contributed by atoms with Gasteiger partial charge in [0.05, 0.1) is 32.6 Å². The Bertz CT molecular complexity index is 905. The van der Waals surface area contributed by atoms with Crippen molar-refractivity contribution in [2.75, 3.05) is 0 Å². The van der Waals surface area contributed by atoms with Gasteiger partial charge in [-0.05, 0) is 25.1 Å². The summed E-state index contributed by atoms with van der Waals surface area (Å²) in [6, 6.07) is 10.9. The number of para-hydroxylation sites is 2. The minimum absolute atomic E-state index is 0.0264. The van der Waals surface area contributed by atoms with Crippen molar-refractivity contribution in [2.45, 2.75) is 13.0 Å². The minimum Gasteiger partial charge on any atom is -0.342 e. The molecule has 0 spiro atoms. The van der Waals surface area contributed by atoms with E-state index in [9.17, 15) is 14.9 Å². The largest absolute Gasteiger partial charge is 0.342 e. The van der Waals surface area contributed by atoms with Crippen LogP contribution in [0.5, 0.6) is 0 Å². The zero-order valence-corrected chi connectivity index (χ0v) is 13.4. The molecule has 1 atom stereocenters. The topological polar surface area (TPSA) is 101 Å². The summed E-state index contributed by atoms with van der Waals surface area (Å²) in [5, 5.41) is 13.5. The molecule has 0 unspecified atom stereocenters. The number of halogens is 1. The number of H-pyrrole nitrogens is 1. The lowest BCUT2D eigenvalue weighted by atomic mass is 10.1. The van der Waals surface area contributed by atoms with E-state index in [0.717, 1.165) is 17.1 Å². The number of fused-ring (bicyclic) bond motifs is 1. The molecule has 122 valence electrons. The van der Waals surface area contributed by atoms with Crippen LogP contribution in [-0.4, -0.2) is 20.8 Å².